The van der Waals surface area contributed by atoms with Gasteiger partial charge in [0.25, 0.3) is 0 Å². The highest BCUT2D eigenvalue weighted by Gasteiger charge is 2.16. The van der Waals surface area contributed by atoms with E-state index in [1.807, 2.05) is 0 Å². The highest BCUT2D eigenvalue weighted by molar-refractivity contribution is 8.00. The Morgan fingerprint density at radius 2 is 1.91 bits per heavy atom. The van der Waals surface area contributed by atoms with Crippen molar-refractivity contribution < 1.29 is 19.1 Å². The number of benzene rings is 1. The van der Waals surface area contributed by atoms with Crippen LogP contribution < -0.4 is 5.73 Å². The standard InChI is InChI=1S/C15H12ClNO4S2/c16-13-6-5-12(23-13)10(18)7-21-15(20)9-3-1-2-4-11(9)22-8-14(17)19/h1-6H,7-8H2,(H2,17,19). The van der Waals surface area contributed by atoms with Gasteiger partial charge in [-0.05, 0) is 24.3 Å². The Bertz CT molecular complexity index is 745. The number of rotatable bonds is 7. The van der Waals surface area contributed by atoms with Crippen molar-refractivity contribution in [3.8, 4) is 0 Å². The predicted molar refractivity (Wildman–Crippen MR) is 90.3 cm³/mol. The van der Waals surface area contributed by atoms with Crippen LogP contribution in [0.2, 0.25) is 4.34 Å². The largest absolute Gasteiger partial charge is 0.454 e. The first-order chi connectivity index (χ1) is 11.0. The van der Waals surface area contributed by atoms with Crippen LogP contribution in [0.1, 0.15) is 20.0 Å². The first-order valence-electron chi connectivity index (χ1n) is 6.43. The molecule has 0 aliphatic heterocycles. The summed E-state index contributed by atoms with van der Waals surface area (Å²) in [6.45, 7) is -0.371. The Kier molecular flexibility index (Phi) is 6.20. The number of Topliss-reactive ketones (excluding diaryl/α,β-unsaturated/α-hetero) is 1. The third-order valence-corrected chi connectivity index (χ3v) is 5.03. The number of hydrogen-bond donors (Lipinski definition) is 1. The van der Waals surface area contributed by atoms with Crippen molar-refractivity contribution in [1.29, 1.82) is 0 Å². The molecule has 23 heavy (non-hydrogen) atoms. The number of ketones is 1. The number of hydrogen-bond acceptors (Lipinski definition) is 6. The summed E-state index contributed by atoms with van der Waals surface area (Å²) in [5.74, 6) is -1.38. The van der Waals surface area contributed by atoms with Crippen LogP contribution in [0, 0.1) is 0 Å². The van der Waals surface area contributed by atoms with Crippen LogP contribution >= 0.6 is 34.7 Å². The van der Waals surface area contributed by atoms with Crippen molar-refractivity contribution >= 4 is 52.4 Å². The fraction of sp³-hybridized carbons (Fsp3) is 0.133. The zero-order chi connectivity index (χ0) is 16.8. The van der Waals surface area contributed by atoms with Crippen LogP contribution in [0.5, 0.6) is 0 Å². The van der Waals surface area contributed by atoms with E-state index in [4.69, 9.17) is 22.1 Å². The number of primary amides is 1. The van der Waals surface area contributed by atoms with Gasteiger partial charge >= 0.3 is 5.97 Å². The minimum Gasteiger partial charge on any atom is -0.454 e. The predicted octanol–water partition coefficient (Wildman–Crippen LogP) is 3.02. The smallest absolute Gasteiger partial charge is 0.339 e. The molecule has 5 nitrogen and oxygen atoms in total. The quantitative estimate of drug-likeness (QED) is 0.460. The Morgan fingerprint density at radius 1 is 1.17 bits per heavy atom. The Labute approximate surface area is 145 Å². The second-order valence-electron chi connectivity index (χ2n) is 4.35. The van der Waals surface area contributed by atoms with E-state index < -0.39 is 11.9 Å². The van der Waals surface area contributed by atoms with Crippen molar-refractivity contribution in [2.45, 2.75) is 4.90 Å². The SMILES string of the molecule is NC(=O)CSc1ccccc1C(=O)OCC(=O)c1ccc(Cl)s1. The molecule has 1 aromatic heterocycles. The number of esters is 1. The lowest BCUT2D eigenvalue weighted by molar-refractivity contribution is -0.115. The minimum atomic E-state index is -0.631. The van der Waals surface area contributed by atoms with Crippen LogP contribution in [0.25, 0.3) is 0 Å². The summed E-state index contributed by atoms with van der Waals surface area (Å²) in [6.07, 6.45) is 0. The van der Waals surface area contributed by atoms with Gasteiger partial charge < -0.3 is 10.5 Å². The number of carbonyl (C=O) groups excluding carboxylic acids is 3. The molecular weight excluding hydrogens is 358 g/mol. The number of nitrogens with two attached hydrogens (primary N) is 1. The second kappa shape index (κ2) is 8.14. The van der Waals surface area contributed by atoms with Crippen LogP contribution in [0.3, 0.4) is 0 Å². The van der Waals surface area contributed by atoms with Crippen molar-refractivity contribution in [2.75, 3.05) is 12.4 Å². The van der Waals surface area contributed by atoms with E-state index in [1.54, 1.807) is 36.4 Å². The Balaban J connectivity index is 2.00. The van der Waals surface area contributed by atoms with E-state index in [-0.39, 0.29) is 23.7 Å². The highest BCUT2D eigenvalue weighted by atomic mass is 35.5. The molecule has 2 N–H and O–H groups in total. The van der Waals surface area contributed by atoms with Gasteiger partial charge in [0.2, 0.25) is 11.7 Å². The normalized spacial score (nSPS) is 10.3. The van der Waals surface area contributed by atoms with Crippen LogP contribution in [0.4, 0.5) is 0 Å². The third kappa shape index (κ3) is 5.09. The van der Waals surface area contributed by atoms with E-state index in [0.717, 1.165) is 23.1 Å². The molecule has 1 amide bonds. The Hall–Kier alpha value is -1.83. The fourth-order valence-corrected chi connectivity index (χ4v) is 3.40. The lowest BCUT2D eigenvalue weighted by Gasteiger charge is -2.08. The Morgan fingerprint density at radius 3 is 2.57 bits per heavy atom. The summed E-state index contributed by atoms with van der Waals surface area (Å²) in [4.78, 5) is 35.9. The molecule has 0 spiro atoms. The number of amides is 1. The van der Waals surface area contributed by atoms with Crippen LogP contribution in [-0.2, 0) is 9.53 Å². The summed E-state index contributed by atoms with van der Waals surface area (Å²) in [6, 6.07) is 9.85. The summed E-state index contributed by atoms with van der Waals surface area (Å²) >= 11 is 8.03. The van der Waals surface area contributed by atoms with Crippen LogP contribution in [-0.4, -0.2) is 30.0 Å². The molecule has 0 unspecified atom stereocenters. The van der Waals surface area contributed by atoms with E-state index in [9.17, 15) is 14.4 Å². The molecule has 0 fully saturated rings. The van der Waals surface area contributed by atoms with Crippen molar-refractivity contribution in [3.63, 3.8) is 0 Å². The number of ether oxygens (including phenoxy) is 1. The zero-order valence-corrected chi connectivity index (χ0v) is 14.2. The molecule has 0 aliphatic rings. The summed E-state index contributed by atoms with van der Waals surface area (Å²) in [5.41, 5.74) is 5.39. The molecular formula is C15H12ClNO4S2. The summed E-state index contributed by atoms with van der Waals surface area (Å²) in [7, 11) is 0. The molecule has 2 rings (SSSR count). The molecule has 0 aliphatic carbocycles. The lowest BCUT2D eigenvalue weighted by Crippen LogP contribution is -2.15. The molecule has 0 atom stereocenters. The summed E-state index contributed by atoms with van der Waals surface area (Å²) < 4.78 is 5.54. The van der Waals surface area contributed by atoms with Gasteiger partial charge in [-0.1, -0.05) is 23.7 Å². The first-order valence-corrected chi connectivity index (χ1v) is 8.61. The molecule has 0 radical (unpaired) electrons. The maximum absolute atomic E-state index is 12.1. The van der Waals surface area contributed by atoms with Crippen molar-refractivity contribution in [2.24, 2.45) is 5.73 Å². The van der Waals surface area contributed by atoms with Gasteiger partial charge in [-0.3, -0.25) is 9.59 Å². The van der Waals surface area contributed by atoms with E-state index in [1.165, 1.54) is 0 Å². The topological polar surface area (TPSA) is 86.5 Å². The second-order valence-corrected chi connectivity index (χ2v) is 7.09. The van der Waals surface area contributed by atoms with Gasteiger partial charge in [0, 0.05) is 4.90 Å². The maximum Gasteiger partial charge on any atom is 0.339 e. The van der Waals surface area contributed by atoms with Gasteiger partial charge in [0.15, 0.2) is 6.61 Å². The molecule has 120 valence electrons. The van der Waals surface area contributed by atoms with Crippen LogP contribution in [0.15, 0.2) is 41.3 Å². The van der Waals surface area contributed by atoms with Gasteiger partial charge in [0.05, 0.1) is 20.5 Å². The molecule has 2 aromatic rings. The summed E-state index contributed by atoms with van der Waals surface area (Å²) in [5, 5.41) is 0. The molecule has 0 bridgehead atoms. The van der Waals surface area contributed by atoms with Gasteiger partial charge in [-0.25, -0.2) is 4.79 Å². The molecule has 1 heterocycles. The third-order valence-electron chi connectivity index (χ3n) is 2.66. The average molecular weight is 370 g/mol. The molecule has 0 saturated heterocycles. The molecule has 0 saturated carbocycles. The monoisotopic (exact) mass is 369 g/mol. The number of thiophene rings is 1. The number of carbonyl (C=O) groups is 3. The minimum absolute atomic E-state index is 0.0525. The van der Waals surface area contributed by atoms with Gasteiger partial charge in [-0.2, -0.15) is 0 Å². The average Bonchev–Trinajstić information content (AvgIpc) is 2.97. The molecule has 8 heteroatoms. The maximum atomic E-state index is 12.1. The lowest BCUT2D eigenvalue weighted by atomic mass is 10.2. The van der Waals surface area contributed by atoms with E-state index in [2.05, 4.69) is 0 Å². The van der Waals surface area contributed by atoms with Crippen molar-refractivity contribution in [3.05, 3.63) is 51.2 Å². The first kappa shape index (κ1) is 17.5. The number of halogens is 1. The molecule has 1 aromatic carbocycles. The van der Waals surface area contributed by atoms with E-state index in [0.29, 0.717) is 14.1 Å². The van der Waals surface area contributed by atoms with Crippen molar-refractivity contribution in [1.82, 2.24) is 0 Å². The fourth-order valence-electron chi connectivity index (χ4n) is 1.65. The zero-order valence-electron chi connectivity index (χ0n) is 11.8. The van der Waals surface area contributed by atoms with E-state index >= 15 is 0 Å². The highest BCUT2D eigenvalue weighted by Crippen LogP contribution is 2.24. The van der Waals surface area contributed by atoms with Gasteiger partial charge in [0.1, 0.15) is 0 Å². The van der Waals surface area contributed by atoms with Gasteiger partial charge in [-0.15, -0.1) is 23.1 Å². The number of thioether (sulfide) groups is 1.